The number of likely N-dealkylation sites (tertiary alicyclic amines) is 1. The summed E-state index contributed by atoms with van der Waals surface area (Å²) in [4.78, 5) is 22.1. The Labute approximate surface area is 145 Å². The van der Waals surface area contributed by atoms with Crippen molar-refractivity contribution in [3.05, 3.63) is 35.9 Å². The number of nitrogens with zero attached hydrogens (tertiary/aromatic N) is 1. The topological polar surface area (TPSA) is 144 Å². The second kappa shape index (κ2) is 7.92. The molecular formula is C17H24N2O6. The zero-order valence-electron chi connectivity index (χ0n) is 13.8. The number of hydrogen-bond donors (Lipinski definition) is 5. The first kappa shape index (κ1) is 19.3. The molecule has 1 heterocycles. The molecule has 0 bridgehead atoms. The first-order chi connectivity index (χ1) is 11.7. The quantitative estimate of drug-likeness (QED) is 0.476. The van der Waals surface area contributed by atoms with Gasteiger partial charge in [0.2, 0.25) is 0 Å². The second-order valence-electron chi connectivity index (χ2n) is 6.69. The molecule has 8 heteroatoms. The maximum Gasteiger partial charge on any atom is 0.335 e. The predicted molar refractivity (Wildman–Crippen MR) is 88.6 cm³/mol. The summed E-state index contributed by atoms with van der Waals surface area (Å²) >= 11 is 0. The second-order valence-corrected chi connectivity index (χ2v) is 6.69. The van der Waals surface area contributed by atoms with Crippen LogP contribution in [0.3, 0.4) is 0 Å². The van der Waals surface area contributed by atoms with Gasteiger partial charge in [0.05, 0.1) is 0 Å². The molecule has 1 saturated heterocycles. The SMILES string of the molecule is N[C@H]1CN(Cc2ccccc2)CC12CC2.O=C(O)[C@H](O)[C@@H](O)C(=O)O. The van der Waals surface area contributed by atoms with Crippen LogP contribution in [0.15, 0.2) is 30.3 Å². The summed E-state index contributed by atoms with van der Waals surface area (Å²) in [6, 6.07) is 11.1. The van der Waals surface area contributed by atoms with E-state index in [2.05, 4.69) is 35.2 Å². The number of aliphatic hydroxyl groups is 2. The molecule has 6 N–H and O–H groups in total. The Morgan fingerprint density at radius 3 is 2.04 bits per heavy atom. The van der Waals surface area contributed by atoms with Gasteiger partial charge >= 0.3 is 11.9 Å². The Balaban J connectivity index is 0.000000199. The Morgan fingerprint density at radius 1 is 1.12 bits per heavy atom. The number of carbonyl (C=O) groups is 2. The lowest BCUT2D eigenvalue weighted by molar-refractivity contribution is -0.165. The van der Waals surface area contributed by atoms with E-state index in [0.29, 0.717) is 11.5 Å². The third-order valence-electron chi connectivity index (χ3n) is 4.73. The molecule has 1 aromatic carbocycles. The maximum atomic E-state index is 9.77. The summed E-state index contributed by atoms with van der Waals surface area (Å²) in [5.74, 6) is -3.54. The van der Waals surface area contributed by atoms with E-state index in [1.54, 1.807) is 0 Å². The Kier molecular flexibility index (Phi) is 6.12. The highest BCUT2D eigenvalue weighted by molar-refractivity contribution is 5.83. The van der Waals surface area contributed by atoms with Gasteiger partial charge in [0.1, 0.15) is 0 Å². The zero-order chi connectivity index (χ0) is 18.6. The molecule has 3 rings (SSSR count). The molecule has 8 nitrogen and oxygen atoms in total. The number of nitrogens with two attached hydrogens (primary N) is 1. The van der Waals surface area contributed by atoms with Gasteiger partial charge < -0.3 is 26.2 Å². The van der Waals surface area contributed by atoms with E-state index in [4.69, 9.17) is 26.2 Å². The van der Waals surface area contributed by atoms with Crippen LogP contribution in [0.25, 0.3) is 0 Å². The molecule has 0 aromatic heterocycles. The van der Waals surface area contributed by atoms with E-state index in [1.807, 2.05) is 0 Å². The molecule has 1 saturated carbocycles. The van der Waals surface area contributed by atoms with E-state index < -0.39 is 24.1 Å². The van der Waals surface area contributed by atoms with Gasteiger partial charge in [-0.1, -0.05) is 30.3 Å². The van der Waals surface area contributed by atoms with Crippen molar-refractivity contribution in [2.24, 2.45) is 11.1 Å². The summed E-state index contributed by atoms with van der Waals surface area (Å²) in [6.45, 7) is 3.36. The van der Waals surface area contributed by atoms with Crippen molar-refractivity contribution in [2.75, 3.05) is 13.1 Å². The van der Waals surface area contributed by atoms with Crippen molar-refractivity contribution in [1.29, 1.82) is 0 Å². The lowest BCUT2D eigenvalue weighted by atomic mass is 10.0. The summed E-state index contributed by atoms with van der Waals surface area (Å²) in [5, 5.41) is 32.5. The molecule has 0 unspecified atom stereocenters. The van der Waals surface area contributed by atoms with Gasteiger partial charge in [-0.3, -0.25) is 4.90 Å². The summed E-state index contributed by atoms with van der Waals surface area (Å²) in [7, 11) is 0. The highest BCUT2D eigenvalue weighted by atomic mass is 16.4. The van der Waals surface area contributed by atoms with Crippen molar-refractivity contribution in [3.63, 3.8) is 0 Å². The molecule has 1 spiro atoms. The lowest BCUT2D eigenvalue weighted by Crippen LogP contribution is -2.39. The standard InChI is InChI=1S/C13H18N2.C4H6O6/c14-12-9-15(10-13(12)6-7-13)8-11-4-2-1-3-5-11;5-1(3(7)8)2(6)4(9)10/h1-5,12H,6-10,14H2;1-2,5-6H,(H,7,8)(H,9,10)/t12-;1-,2-/m01/s1. The highest BCUT2D eigenvalue weighted by Gasteiger charge is 2.53. The molecule has 1 aliphatic heterocycles. The van der Waals surface area contributed by atoms with Crippen LogP contribution in [0.5, 0.6) is 0 Å². The third-order valence-corrected chi connectivity index (χ3v) is 4.73. The fourth-order valence-corrected chi connectivity index (χ4v) is 3.02. The van der Waals surface area contributed by atoms with E-state index in [0.717, 1.165) is 13.1 Å². The normalized spacial score (nSPS) is 23.4. The molecular weight excluding hydrogens is 328 g/mol. The van der Waals surface area contributed by atoms with Gasteiger partial charge in [0.25, 0.3) is 0 Å². The minimum Gasteiger partial charge on any atom is -0.479 e. The number of benzene rings is 1. The fraction of sp³-hybridized carbons (Fsp3) is 0.529. The fourth-order valence-electron chi connectivity index (χ4n) is 3.02. The van der Waals surface area contributed by atoms with Crippen molar-refractivity contribution >= 4 is 11.9 Å². The molecule has 25 heavy (non-hydrogen) atoms. The minimum absolute atomic E-state index is 0.418. The van der Waals surface area contributed by atoms with Crippen LogP contribution in [-0.4, -0.2) is 68.6 Å². The van der Waals surface area contributed by atoms with Crippen LogP contribution < -0.4 is 5.73 Å². The summed E-state index contributed by atoms with van der Waals surface area (Å²) < 4.78 is 0. The van der Waals surface area contributed by atoms with Gasteiger partial charge in [-0.05, 0) is 23.8 Å². The van der Waals surface area contributed by atoms with Crippen LogP contribution in [0, 0.1) is 5.41 Å². The van der Waals surface area contributed by atoms with Crippen LogP contribution in [0.2, 0.25) is 0 Å². The summed E-state index contributed by atoms with van der Waals surface area (Å²) in [5.41, 5.74) is 8.09. The van der Waals surface area contributed by atoms with E-state index in [1.165, 1.54) is 24.9 Å². The van der Waals surface area contributed by atoms with Crippen LogP contribution in [0.4, 0.5) is 0 Å². The van der Waals surface area contributed by atoms with Gasteiger partial charge in [-0.25, -0.2) is 9.59 Å². The zero-order valence-corrected chi connectivity index (χ0v) is 13.8. The Bertz CT molecular complexity index is 586. The number of hydrogen-bond acceptors (Lipinski definition) is 6. The molecule has 138 valence electrons. The third kappa shape index (κ3) is 4.99. The molecule has 0 amide bonds. The molecule has 0 radical (unpaired) electrons. The first-order valence-corrected chi connectivity index (χ1v) is 8.09. The molecule has 3 atom stereocenters. The monoisotopic (exact) mass is 352 g/mol. The number of aliphatic hydroxyl groups excluding tert-OH is 2. The van der Waals surface area contributed by atoms with Gasteiger partial charge in [0.15, 0.2) is 12.2 Å². The van der Waals surface area contributed by atoms with Gasteiger partial charge in [-0.15, -0.1) is 0 Å². The number of rotatable bonds is 5. The van der Waals surface area contributed by atoms with Crippen LogP contribution in [0.1, 0.15) is 18.4 Å². The number of carboxylic acid groups (broad SMARTS) is 2. The first-order valence-electron chi connectivity index (χ1n) is 8.09. The Hall–Kier alpha value is -2.00. The summed E-state index contributed by atoms with van der Waals surface area (Å²) in [6.07, 6.45) is -1.84. The van der Waals surface area contributed by atoms with Crippen LogP contribution >= 0.6 is 0 Å². The van der Waals surface area contributed by atoms with E-state index in [9.17, 15) is 9.59 Å². The minimum atomic E-state index is -2.27. The molecule has 1 aromatic rings. The smallest absolute Gasteiger partial charge is 0.335 e. The van der Waals surface area contributed by atoms with Crippen molar-refractivity contribution in [1.82, 2.24) is 4.90 Å². The molecule has 2 aliphatic rings. The predicted octanol–water partition coefficient (Wildman–Crippen LogP) is -0.513. The largest absolute Gasteiger partial charge is 0.479 e. The number of aliphatic carboxylic acids is 2. The van der Waals surface area contributed by atoms with E-state index >= 15 is 0 Å². The van der Waals surface area contributed by atoms with E-state index in [-0.39, 0.29) is 0 Å². The lowest BCUT2D eigenvalue weighted by Gasteiger charge is -2.15. The molecule has 2 fully saturated rings. The van der Waals surface area contributed by atoms with Crippen LogP contribution in [-0.2, 0) is 16.1 Å². The van der Waals surface area contributed by atoms with Crippen molar-refractivity contribution in [3.8, 4) is 0 Å². The molecule has 1 aliphatic carbocycles. The maximum absolute atomic E-state index is 9.77. The number of carboxylic acids is 2. The highest BCUT2D eigenvalue weighted by Crippen LogP contribution is 2.52. The van der Waals surface area contributed by atoms with Crippen molar-refractivity contribution < 1.29 is 30.0 Å². The van der Waals surface area contributed by atoms with Gasteiger partial charge in [-0.2, -0.15) is 0 Å². The van der Waals surface area contributed by atoms with Gasteiger partial charge in [0, 0.05) is 25.7 Å². The Morgan fingerprint density at radius 2 is 1.64 bits per heavy atom. The van der Waals surface area contributed by atoms with Crippen molar-refractivity contribution in [2.45, 2.75) is 37.6 Å². The average molecular weight is 352 g/mol. The average Bonchev–Trinajstić information content (AvgIpc) is 3.28.